The van der Waals surface area contributed by atoms with Crippen LogP contribution in [0, 0.1) is 0 Å². The average Bonchev–Trinajstić information content (AvgIpc) is 3.15. The van der Waals surface area contributed by atoms with E-state index in [1.54, 1.807) is 0 Å². The lowest BCUT2D eigenvalue weighted by atomic mass is 9.80. The lowest BCUT2D eigenvalue weighted by Crippen LogP contribution is -2.39. The maximum Gasteiger partial charge on any atom is 0.309 e. The molecular weight excluding hydrogens is 362 g/mol. The van der Waals surface area contributed by atoms with Crippen LogP contribution in [0.25, 0.3) is 10.9 Å². The summed E-state index contributed by atoms with van der Waals surface area (Å²) in [6, 6.07) is 18.9. The standard InChI is InChI=1S/C25H29NO3/c1-3-14-28-22(27)16-25(4-2)24-23(20-12-8-9-13-21(20)26-24)19(17-29-25)15-18-10-6-5-7-11-18/h5-13,19,26H,3-4,14-17H2,1-2H3/t19-,25-/m0/s1. The van der Waals surface area contributed by atoms with E-state index in [2.05, 4.69) is 54.4 Å². The van der Waals surface area contributed by atoms with Gasteiger partial charge in [-0.2, -0.15) is 0 Å². The third-order valence-electron chi connectivity index (χ3n) is 5.96. The van der Waals surface area contributed by atoms with Gasteiger partial charge in [0.2, 0.25) is 0 Å². The summed E-state index contributed by atoms with van der Waals surface area (Å²) in [5.41, 5.74) is 4.07. The molecule has 0 unspecified atom stereocenters. The van der Waals surface area contributed by atoms with Crippen molar-refractivity contribution in [1.82, 2.24) is 4.98 Å². The van der Waals surface area contributed by atoms with Crippen LogP contribution in [0.3, 0.4) is 0 Å². The summed E-state index contributed by atoms with van der Waals surface area (Å²) in [6.07, 6.45) is 2.69. The molecule has 1 aliphatic heterocycles. The summed E-state index contributed by atoms with van der Waals surface area (Å²) in [7, 11) is 0. The first kappa shape index (κ1) is 19.7. The highest BCUT2D eigenvalue weighted by Gasteiger charge is 2.44. The van der Waals surface area contributed by atoms with Gasteiger partial charge in [-0.3, -0.25) is 4.79 Å². The van der Waals surface area contributed by atoms with Crippen LogP contribution in [0.4, 0.5) is 0 Å². The van der Waals surface area contributed by atoms with Gasteiger partial charge in [0, 0.05) is 16.8 Å². The van der Waals surface area contributed by atoms with E-state index in [0.29, 0.717) is 19.6 Å². The number of carbonyl (C=O) groups is 1. The lowest BCUT2D eigenvalue weighted by molar-refractivity contribution is -0.156. The van der Waals surface area contributed by atoms with Gasteiger partial charge in [-0.15, -0.1) is 0 Å². The number of esters is 1. The van der Waals surface area contributed by atoms with Gasteiger partial charge in [-0.05, 0) is 36.5 Å². The minimum absolute atomic E-state index is 0.195. The van der Waals surface area contributed by atoms with E-state index in [4.69, 9.17) is 9.47 Å². The molecule has 0 bridgehead atoms. The predicted octanol–water partition coefficient (Wildman–Crippen LogP) is 5.47. The van der Waals surface area contributed by atoms with Crippen molar-refractivity contribution in [2.75, 3.05) is 13.2 Å². The molecule has 0 saturated carbocycles. The number of fused-ring (bicyclic) bond motifs is 3. The largest absolute Gasteiger partial charge is 0.466 e. The SMILES string of the molecule is CCCOC(=O)C[C@]1(CC)OC[C@H](Cc2ccccc2)c2c1[nH]c1ccccc21. The highest BCUT2D eigenvalue weighted by molar-refractivity contribution is 5.86. The molecule has 152 valence electrons. The first-order valence-electron chi connectivity index (χ1n) is 10.6. The van der Waals surface area contributed by atoms with Crippen molar-refractivity contribution in [2.24, 2.45) is 0 Å². The number of aromatic nitrogens is 1. The quantitative estimate of drug-likeness (QED) is 0.543. The van der Waals surface area contributed by atoms with Crippen molar-refractivity contribution < 1.29 is 14.3 Å². The summed E-state index contributed by atoms with van der Waals surface area (Å²) in [5, 5.41) is 1.23. The zero-order valence-electron chi connectivity index (χ0n) is 17.2. The number of carbonyl (C=O) groups excluding carboxylic acids is 1. The van der Waals surface area contributed by atoms with Crippen molar-refractivity contribution >= 4 is 16.9 Å². The van der Waals surface area contributed by atoms with E-state index in [1.807, 2.05) is 19.1 Å². The molecule has 2 atom stereocenters. The normalized spacial score (nSPS) is 21.1. The lowest BCUT2D eigenvalue weighted by Gasteiger charge is -2.39. The Labute approximate surface area is 172 Å². The molecule has 4 rings (SSSR count). The van der Waals surface area contributed by atoms with E-state index in [1.165, 1.54) is 16.5 Å². The number of para-hydroxylation sites is 1. The van der Waals surface area contributed by atoms with E-state index < -0.39 is 5.60 Å². The minimum Gasteiger partial charge on any atom is -0.466 e. The van der Waals surface area contributed by atoms with Gasteiger partial charge in [0.1, 0.15) is 5.60 Å². The maximum absolute atomic E-state index is 12.5. The molecule has 3 aromatic rings. The fraction of sp³-hybridized carbons (Fsp3) is 0.400. The summed E-state index contributed by atoms with van der Waals surface area (Å²) < 4.78 is 11.9. The molecular formula is C25H29NO3. The second-order valence-corrected chi connectivity index (χ2v) is 7.90. The topological polar surface area (TPSA) is 51.3 Å². The Morgan fingerprint density at radius 2 is 1.90 bits per heavy atom. The zero-order chi connectivity index (χ0) is 20.3. The van der Waals surface area contributed by atoms with Gasteiger partial charge in [0.05, 0.1) is 25.3 Å². The Morgan fingerprint density at radius 1 is 1.14 bits per heavy atom. The van der Waals surface area contributed by atoms with Gasteiger partial charge in [0.25, 0.3) is 0 Å². The van der Waals surface area contributed by atoms with Crippen LogP contribution in [0.2, 0.25) is 0 Å². The Hall–Kier alpha value is -2.59. The van der Waals surface area contributed by atoms with Gasteiger partial charge in [-0.1, -0.05) is 62.4 Å². The van der Waals surface area contributed by atoms with Crippen LogP contribution in [0.1, 0.15) is 55.8 Å². The van der Waals surface area contributed by atoms with Crippen LogP contribution in [0.5, 0.6) is 0 Å². The smallest absolute Gasteiger partial charge is 0.309 e. The zero-order valence-corrected chi connectivity index (χ0v) is 17.2. The van der Waals surface area contributed by atoms with Crippen LogP contribution in [-0.4, -0.2) is 24.2 Å². The molecule has 1 aromatic heterocycles. The molecule has 0 aliphatic carbocycles. The Morgan fingerprint density at radius 3 is 2.66 bits per heavy atom. The molecule has 0 amide bonds. The Bertz CT molecular complexity index is 978. The van der Waals surface area contributed by atoms with Gasteiger partial charge in [-0.25, -0.2) is 0 Å². The predicted molar refractivity (Wildman–Crippen MR) is 115 cm³/mol. The molecule has 2 aromatic carbocycles. The fourth-order valence-corrected chi connectivity index (χ4v) is 4.47. The summed E-state index contributed by atoms with van der Waals surface area (Å²) in [4.78, 5) is 16.1. The van der Waals surface area contributed by atoms with Crippen LogP contribution < -0.4 is 0 Å². The highest BCUT2D eigenvalue weighted by Crippen LogP contribution is 2.46. The molecule has 0 saturated heterocycles. The average molecular weight is 392 g/mol. The molecule has 0 spiro atoms. The molecule has 0 radical (unpaired) electrons. The van der Waals surface area contributed by atoms with Crippen molar-refractivity contribution in [2.45, 2.75) is 51.0 Å². The van der Waals surface area contributed by atoms with E-state index in [0.717, 1.165) is 24.1 Å². The Balaban J connectivity index is 1.75. The van der Waals surface area contributed by atoms with Crippen molar-refractivity contribution in [3.63, 3.8) is 0 Å². The van der Waals surface area contributed by atoms with Crippen LogP contribution >= 0.6 is 0 Å². The number of rotatable bonds is 7. The first-order chi connectivity index (χ1) is 14.2. The number of hydrogen-bond acceptors (Lipinski definition) is 3. The third kappa shape index (κ3) is 3.82. The number of nitrogens with one attached hydrogen (secondary N) is 1. The molecule has 1 aliphatic rings. The van der Waals surface area contributed by atoms with Gasteiger partial charge >= 0.3 is 5.97 Å². The second-order valence-electron chi connectivity index (χ2n) is 7.90. The Kier molecular flexibility index (Phi) is 5.72. The number of hydrogen-bond donors (Lipinski definition) is 1. The third-order valence-corrected chi connectivity index (χ3v) is 5.96. The minimum atomic E-state index is -0.660. The molecule has 2 heterocycles. The van der Waals surface area contributed by atoms with E-state index in [9.17, 15) is 4.79 Å². The van der Waals surface area contributed by atoms with Gasteiger partial charge in [0.15, 0.2) is 0 Å². The summed E-state index contributed by atoms with van der Waals surface area (Å²) in [5.74, 6) is 0.0507. The fourth-order valence-electron chi connectivity index (χ4n) is 4.47. The molecule has 4 heteroatoms. The van der Waals surface area contributed by atoms with Crippen LogP contribution in [0.15, 0.2) is 54.6 Å². The van der Waals surface area contributed by atoms with Crippen molar-refractivity contribution in [3.05, 3.63) is 71.4 Å². The van der Waals surface area contributed by atoms with Crippen molar-refractivity contribution in [1.29, 1.82) is 0 Å². The van der Waals surface area contributed by atoms with E-state index >= 15 is 0 Å². The summed E-state index contributed by atoms with van der Waals surface area (Å²) >= 11 is 0. The van der Waals surface area contributed by atoms with E-state index in [-0.39, 0.29) is 18.3 Å². The molecule has 4 nitrogen and oxygen atoms in total. The highest BCUT2D eigenvalue weighted by atomic mass is 16.5. The van der Waals surface area contributed by atoms with Gasteiger partial charge < -0.3 is 14.5 Å². The number of benzene rings is 2. The second kappa shape index (κ2) is 8.42. The monoisotopic (exact) mass is 391 g/mol. The van der Waals surface area contributed by atoms with Crippen LogP contribution in [-0.2, 0) is 26.3 Å². The number of H-pyrrole nitrogens is 1. The summed E-state index contributed by atoms with van der Waals surface area (Å²) in [6.45, 7) is 5.14. The molecule has 29 heavy (non-hydrogen) atoms. The molecule has 1 N–H and O–H groups in total. The first-order valence-corrected chi connectivity index (χ1v) is 10.6. The van der Waals surface area contributed by atoms with Crippen molar-refractivity contribution in [3.8, 4) is 0 Å². The molecule has 0 fully saturated rings. The number of aromatic amines is 1. The maximum atomic E-state index is 12.5. The number of ether oxygens (including phenoxy) is 2.